The van der Waals surface area contributed by atoms with E-state index in [1.165, 1.54) is 12.1 Å². The molecule has 0 aliphatic rings. The summed E-state index contributed by atoms with van der Waals surface area (Å²) >= 11 is 0. The molecule has 2 nitrogen and oxygen atoms in total. The van der Waals surface area contributed by atoms with Gasteiger partial charge >= 0.3 is 6.18 Å². The molecule has 0 spiro atoms. The van der Waals surface area contributed by atoms with Crippen LogP contribution in [0.25, 0.3) is 10.9 Å². The van der Waals surface area contributed by atoms with Crippen molar-refractivity contribution < 1.29 is 18.3 Å². The van der Waals surface area contributed by atoms with E-state index in [9.17, 15) is 18.3 Å². The topological polar surface area (TPSA) is 25.2 Å². The molecule has 0 fully saturated rings. The lowest BCUT2D eigenvalue weighted by Crippen LogP contribution is -2.21. The van der Waals surface area contributed by atoms with E-state index in [0.717, 1.165) is 17.0 Å². The highest BCUT2D eigenvalue weighted by Gasteiger charge is 2.31. The van der Waals surface area contributed by atoms with Gasteiger partial charge < -0.3 is 9.67 Å². The van der Waals surface area contributed by atoms with Crippen LogP contribution in [0.5, 0.6) is 0 Å². The molecule has 1 N–H and O–H groups in total. The SMILES string of the molecule is CC(C)n1cc(CC(C)(C)O)c2ccc(C(F)(F)F)cc21. The molecule has 116 valence electrons. The maximum absolute atomic E-state index is 12.9. The zero-order chi connectivity index (χ0) is 16.0. The third kappa shape index (κ3) is 3.40. The first-order valence-electron chi connectivity index (χ1n) is 6.92. The molecule has 0 aliphatic heterocycles. The molecule has 1 aromatic carbocycles. The fourth-order valence-electron chi connectivity index (χ4n) is 2.53. The van der Waals surface area contributed by atoms with Gasteiger partial charge in [0.25, 0.3) is 0 Å². The second-order valence-corrected chi connectivity index (χ2v) is 6.37. The number of fused-ring (bicyclic) bond motifs is 1. The van der Waals surface area contributed by atoms with Crippen LogP contribution in [0.3, 0.4) is 0 Å². The minimum Gasteiger partial charge on any atom is -0.390 e. The average molecular weight is 299 g/mol. The number of alkyl halides is 3. The van der Waals surface area contributed by atoms with Crippen molar-refractivity contribution in [3.05, 3.63) is 35.5 Å². The maximum atomic E-state index is 12.9. The molecule has 5 heteroatoms. The third-order valence-electron chi connectivity index (χ3n) is 3.42. The third-order valence-corrected chi connectivity index (χ3v) is 3.42. The Morgan fingerprint density at radius 3 is 2.29 bits per heavy atom. The summed E-state index contributed by atoms with van der Waals surface area (Å²) in [6.07, 6.45) is -2.11. The summed E-state index contributed by atoms with van der Waals surface area (Å²) in [5.74, 6) is 0. The van der Waals surface area contributed by atoms with Gasteiger partial charge in [-0.15, -0.1) is 0 Å². The van der Waals surface area contributed by atoms with Crippen LogP contribution >= 0.6 is 0 Å². The Bertz CT molecular complexity index is 648. The lowest BCUT2D eigenvalue weighted by Gasteiger charge is -2.16. The zero-order valence-electron chi connectivity index (χ0n) is 12.6. The number of rotatable bonds is 3. The Kier molecular flexibility index (Phi) is 3.82. The van der Waals surface area contributed by atoms with Crippen molar-refractivity contribution in [2.75, 3.05) is 0 Å². The van der Waals surface area contributed by atoms with E-state index in [1.807, 2.05) is 24.6 Å². The summed E-state index contributed by atoms with van der Waals surface area (Å²) in [4.78, 5) is 0. The molecule has 0 amide bonds. The molecule has 0 bridgehead atoms. The fraction of sp³-hybridized carbons (Fsp3) is 0.500. The standard InChI is InChI=1S/C16H20F3NO/c1-10(2)20-9-11(8-15(3,4)21)13-6-5-12(7-14(13)20)16(17,18)19/h5-7,9-10,21H,8H2,1-4H3. The second-order valence-electron chi connectivity index (χ2n) is 6.37. The van der Waals surface area contributed by atoms with Gasteiger partial charge in [0.15, 0.2) is 0 Å². The van der Waals surface area contributed by atoms with E-state index in [4.69, 9.17) is 0 Å². The number of aliphatic hydroxyl groups is 1. The normalized spacial score (nSPS) is 13.4. The lowest BCUT2D eigenvalue weighted by atomic mass is 9.98. The van der Waals surface area contributed by atoms with Crippen LogP contribution < -0.4 is 0 Å². The molecule has 0 atom stereocenters. The Morgan fingerprint density at radius 2 is 1.81 bits per heavy atom. The monoisotopic (exact) mass is 299 g/mol. The van der Waals surface area contributed by atoms with Crippen molar-refractivity contribution in [1.82, 2.24) is 4.57 Å². The molecular weight excluding hydrogens is 279 g/mol. The number of hydrogen-bond acceptors (Lipinski definition) is 1. The zero-order valence-corrected chi connectivity index (χ0v) is 12.6. The molecule has 0 saturated heterocycles. The second kappa shape index (κ2) is 5.05. The number of aromatic nitrogens is 1. The van der Waals surface area contributed by atoms with Gasteiger partial charge in [-0.3, -0.25) is 0 Å². The van der Waals surface area contributed by atoms with Crippen LogP contribution in [-0.2, 0) is 12.6 Å². The van der Waals surface area contributed by atoms with Crippen LogP contribution in [0, 0.1) is 0 Å². The highest BCUT2D eigenvalue weighted by molar-refractivity contribution is 5.85. The van der Waals surface area contributed by atoms with E-state index in [1.54, 1.807) is 13.8 Å². The first-order valence-corrected chi connectivity index (χ1v) is 6.92. The van der Waals surface area contributed by atoms with Crippen LogP contribution in [0.4, 0.5) is 13.2 Å². The van der Waals surface area contributed by atoms with E-state index in [0.29, 0.717) is 11.9 Å². The number of benzene rings is 1. The number of nitrogens with zero attached hydrogens (tertiary/aromatic N) is 1. The molecule has 0 aliphatic carbocycles. The highest BCUT2D eigenvalue weighted by Crippen LogP contribution is 2.34. The molecule has 0 saturated carbocycles. The van der Waals surface area contributed by atoms with Crippen LogP contribution in [0.15, 0.2) is 24.4 Å². The fourth-order valence-corrected chi connectivity index (χ4v) is 2.53. The number of hydrogen-bond donors (Lipinski definition) is 1. The Hall–Kier alpha value is -1.49. The summed E-state index contributed by atoms with van der Waals surface area (Å²) in [6.45, 7) is 7.23. The minimum absolute atomic E-state index is 0.0477. The largest absolute Gasteiger partial charge is 0.416 e. The average Bonchev–Trinajstić information content (AvgIpc) is 2.64. The summed E-state index contributed by atoms with van der Waals surface area (Å²) in [6, 6.07) is 3.83. The van der Waals surface area contributed by atoms with Gasteiger partial charge in [-0.2, -0.15) is 13.2 Å². The van der Waals surface area contributed by atoms with Gasteiger partial charge in [0.05, 0.1) is 11.2 Å². The predicted molar refractivity (Wildman–Crippen MR) is 77.3 cm³/mol. The van der Waals surface area contributed by atoms with Gasteiger partial charge in [-0.1, -0.05) is 6.07 Å². The van der Waals surface area contributed by atoms with Crippen molar-refractivity contribution in [3.8, 4) is 0 Å². The van der Waals surface area contributed by atoms with Crippen molar-refractivity contribution in [1.29, 1.82) is 0 Å². The van der Waals surface area contributed by atoms with Gasteiger partial charge in [-0.25, -0.2) is 0 Å². The summed E-state index contributed by atoms with van der Waals surface area (Å²) in [7, 11) is 0. The molecule has 0 radical (unpaired) electrons. The van der Waals surface area contributed by atoms with Crippen LogP contribution in [0.2, 0.25) is 0 Å². The van der Waals surface area contributed by atoms with Crippen molar-refractivity contribution >= 4 is 10.9 Å². The smallest absolute Gasteiger partial charge is 0.390 e. The lowest BCUT2D eigenvalue weighted by molar-refractivity contribution is -0.137. The molecule has 0 unspecified atom stereocenters. The maximum Gasteiger partial charge on any atom is 0.416 e. The summed E-state index contributed by atoms with van der Waals surface area (Å²) in [5, 5.41) is 10.7. The van der Waals surface area contributed by atoms with E-state index < -0.39 is 17.3 Å². The Morgan fingerprint density at radius 1 is 1.19 bits per heavy atom. The van der Waals surface area contributed by atoms with E-state index in [2.05, 4.69) is 0 Å². The van der Waals surface area contributed by atoms with E-state index in [-0.39, 0.29) is 6.04 Å². The van der Waals surface area contributed by atoms with Gasteiger partial charge in [0.2, 0.25) is 0 Å². The molecule has 21 heavy (non-hydrogen) atoms. The summed E-state index contributed by atoms with van der Waals surface area (Å²) < 4.78 is 40.5. The van der Waals surface area contributed by atoms with Crippen LogP contribution in [-0.4, -0.2) is 15.3 Å². The molecule has 2 rings (SSSR count). The predicted octanol–water partition coefficient (Wildman–Crippen LogP) is 4.55. The summed E-state index contributed by atoms with van der Waals surface area (Å²) in [5.41, 5.74) is -0.137. The van der Waals surface area contributed by atoms with Crippen molar-refractivity contribution in [2.24, 2.45) is 0 Å². The first-order chi connectivity index (χ1) is 9.49. The van der Waals surface area contributed by atoms with Gasteiger partial charge in [0, 0.05) is 29.6 Å². The molecular formula is C16H20F3NO. The highest BCUT2D eigenvalue weighted by atomic mass is 19.4. The van der Waals surface area contributed by atoms with E-state index >= 15 is 0 Å². The van der Waals surface area contributed by atoms with Gasteiger partial charge in [0.1, 0.15) is 0 Å². The van der Waals surface area contributed by atoms with Crippen molar-refractivity contribution in [3.63, 3.8) is 0 Å². The van der Waals surface area contributed by atoms with Crippen LogP contribution in [0.1, 0.15) is 44.9 Å². The minimum atomic E-state index is -4.35. The first kappa shape index (κ1) is 15.9. The van der Waals surface area contributed by atoms with Crippen molar-refractivity contribution in [2.45, 2.75) is 51.9 Å². The molecule has 2 aromatic rings. The molecule has 1 heterocycles. The Labute approximate surface area is 122 Å². The quantitative estimate of drug-likeness (QED) is 0.883. The van der Waals surface area contributed by atoms with Gasteiger partial charge in [-0.05, 0) is 45.4 Å². The molecule has 1 aromatic heterocycles. The Balaban J connectivity index is 2.64. The number of halogens is 3.